The normalized spacial score (nSPS) is 11.0. The predicted molar refractivity (Wildman–Crippen MR) is 102 cm³/mol. The van der Waals surface area contributed by atoms with E-state index in [1.165, 1.54) is 12.1 Å². The number of para-hydroxylation sites is 1. The summed E-state index contributed by atoms with van der Waals surface area (Å²) >= 11 is 0. The highest BCUT2D eigenvalue weighted by Crippen LogP contribution is 2.29. The minimum absolute atomic E-state index is 0.0590. The van der Waals surface area contributed by atoms with Crippen molar-refractivity contribution in [2.75, 3.05) is 5.32 Å². The second kappa shape index (κ2) is 7.51. The molecule has 6 nitrogen and oxygen atoms in total. The van der Waals surface area contributed by atoms with E-state index in [0.717, 1.165) is 16.5 Å². The molecule has 1 N–H and O–H groups in total. The number of nitrogens with one attached hydrogen (secondary N) is 1. The number of hydrogen-bond donors (Lipinski definition) is 1. The molecule has 2 aromatic carbocycles. The lowest BCUT2D eigenvalue weighted by Gasteiger charge is -2.13. The van der Waals surface area contributed by atoms with Crippen molar-refractivity contribution in [1.82, 2.24) is 19.9 Å². The van der Waals surface area contributed by atoms with Crippen molar-refractivity contribution in [1.29, 1.82) is 0 Å². The Morgan fingerprint density at radius 1 is 1.04 bits per heavy atom. The molecule has 0 fully saturated rings. The molecule has 8 heteroatoms. The molecule has 0 saturated carbocycles. The maximum atomic E-state index is 12.5. The highest BCUT2D eigenvalue weighted by molar-refractivity contribution is 5.93. The van der Waals surface area contributed by atoms with Crippen LogP contribution in [0.25, 0.3) is 22.4 Å². The highest BCUT2D eigenvalue weighted by atomic mass is 19.3. The van der Waals surface area contributed by atoms with Gasteiger partial charge < -0.3 is 10.1 Å². The van der Waals surface area contributed by atoms with Crippen LogP contribution in [-0.4, -0.2) is 26.5 Å². The summed E-state index contributed by atoms with van der Waals surface area (Å²) in [5.41, 5.74) is 2.83. The Morgan fingerprint density at radius 2 is 1.89 bits per heavy atom. The summed E-state index contributed by atoms with van der Waals surface area (Å²) in [6.07, 6.45) is 4.72. The number of nitrogens with zero attached hydrogens (tertiary/aromatic N) is 4. The van der Waals surface area contributed by atoms with Crippen LogP contribution in [0.5, 0.6) is 5.75 Å². The molecular formula is C20H15F2N5O. The smallest absolute Gasteiger partial charge is 0.387 e. The van der Waals surface area contributed by atoms with Gasteiger partial charge in [-0.2, -0.15) is 8.78 Å². The molecular weight excluding hydrogens is 364 g/mol. The van der Waals surface area contributed by atoms with E-state index in [1.54, 1.807) is 30.7 Å². The molecule has 4 aromatic rings. The van der Waals surface area contributed by atoms with Crippen molar-refractivity contribution in [3.63, 3.8) is 0 Å². The summed E-state index contributed by atoms with van der Waals surface area (Å²) in [4.78, 5) is 17.5. The number of alkyl halides is 2. The van der Waals surface area contributed by atoms with Crippen molar-refractivity contribution in [3.05, 3.63) is 66.6 Å². The Balaban J connectivity index is 1.81. The second-order valence-electron chi connectivity index (χ2n) is 5.99. The third-order valence-electron chi connectivity index (χ3n) is 4.04. The van der Waals surface area contributed by atoms with E-state index in [9.17, 15) is 8.78 Å². The van der Waals surface area contributed by atoms with Crippen LogP contribution in [0.1, 0.15) is 5.56 Å². The molecule has 0 aliphatic rings. The number of rotatable bonds is 5. The fraction of sp³-hybridized carbons (Fsp3) is 0.100. The fourth-order valence-corrected chi connectivity index (χ4v) is 2.81. The first-order chi connectivity index (χ1) is 13.6. The summed E-state index contributed by atoms with van der Waals surface area (Å²) in [6.45, 7) is -0.933. The van der Waals surface area contributed by atoms with Crippen molar-refractivity contribution < 1.29 is 13.5 Å². The van der Waals surface area contributed by atoms with Crippen LogP contribution in [0, 0.1) is 6.92 Å². The van der Waals surface area contributed by atoms with Crippen LogP contribution < -0.4 is 10.1 Å². The first-order valence-electron chi connectivity index (χ1n) is 8.46. The molecule has 0 amide bonds. The van der Waals surface area contributed by atoms with E-state index in [4.69, 9.17) is 0 Å². The van der Waals surface area contributed by atoms with Gasteiger partial charge in [-0.25, -0.2) is 15.0 Å². The van der Waals surface area contributed by atoms with Crippen molar-refractivity contribution >= 4 is 22.4 Å². The predicted octanol–water partition coefficient (Wildman–Crippen LogP) is 4.74. The highest BCUT2D eigenvalue weighted by Gasteiger charge is 2.13. The van der Waals surface area contributed by atoms with Crippen LogP contribution in [0.2, 0.25) is 0 Å². The molecule has 2 aromatic heterocycles. The number of fused-ring (bicyclic) bond motifs is 1. The van der Waals surface area contributed by atoms with Crippen LogP contribution >= 0.6 is 0 Å². The Labute approximate surface area is 159 Å². The maximum Gasteiger partial charge on any atom is 0.387 e. The number of benzene rings is 2. The van der Waals surface area contributed by atoms with E-state index < -0.39 is 6.61 Å². The average Bonchev–Trinajstić information content (AvgIpc) is 2.69. The number of hydrogen-bond acceptors (Lipinski definition) is 6. The lowest BCUT2D eigenvalue weighted by Crippen LogP contribution is -2.03. The number of ether oxygens (including phenoxy) is 1. The molecule has 0 spiro atoms. The Morgan fingerprint density at radius 3 is 2.68 bits per heavy atom. The summed E-state index contributed by atoms with van der Waals surface area (Å²) in [5, 5.41) is 3.97. The van der Waals surface area contributed by atoms with Gasteiger partial charge in [0.1, 0.15) is 17.3 Å². The SMILES string of the molecule is Cc1cccc2c(Nc3cccc(OC(F)F)c3)nc(-c3cnccn3)nc12. The number of halogens is 2. The first-order valence-corrected chi connectivity index (χ1v) is 8.46. The lowest BCUT2D eigenvalue weighted by molar-refractivity contribution is -0.0498. The van der Waals surface area contributed by atoms with Gasteiger partial charge in [0.05, 0.1) is 11.7 Å². The molecule has 0 unspecified atom stereocenters. The molecule has 4 rings (SSSR count). The van der Waals surface area contributed by atoms with Crippen molar-refractivity contribution in [2.45, 2.75) is 13.5 Å². The largest absolute Gasteiger partial charge is 0.435 e. The maximum absolute atomic E-state index is 12.5. The monoisotopic (exact) mass is 379 g/mol. The topological polar surface area (TPSA) is 72.8 Å². The van der Waals surface area contributed by atoms with Crippen molar-refractivity contribution in [2.24, 2.45) is 0 Å². The van der Waals surface area contributed by atoms with Gasteiger partial charge in [-0.3, -0.25) is 4.98 Å². The van der Waals surface area contributed by atoms with Gasteiger partial charge in [0.25, 0.3) is 0 Å². The van der Waals surface area contributed by atoms with Gasteiger partial charge in [-0.05, 0) is 30.7 Å². The molecule has 28 heavy (non-hydrogen) atoms. The zero-order valence-electron chi connectivity index (χ0n) is 14.8. The van der Waals surface area contributed by atoms with E-state index >= 15 is 0 Å². The second-order valence-corrected chi connectivity index (χ2v) is 5.99. The fourth-order valence-electron chi connectivity index (χ4n) is 2.81. The minimum atomic E-state index is -2.89. The summed E-state index contributed by atoms with van der Waals surface area (Å²) in [6, 6.07) is 12.1. The van der Waals surface area contributed by atoms with Crippen LogP contribution in [0.4, 0.5) is 20.3 Å². The molecule has 0 radical (unpaired) electrons. The number of anilines is 2. The summed E-state index contributed by atoms with van der Waals surface area (Å²) in [5.74, 6) is 1.00. The van der Waals surface area contributed by atoms with Gasteiger partial charge in [-0.15, -0.1) is 0 Å². The standard InChI is InChI=1S/C20H15F2N5O/c1-12-4-2-7-15-17(12)26-19(16-11-23-8-9-24-16)27-18(15)25-13-5-3-6-14(10-13)28-20(21)22/h2-11,20H,1H3,(H,25,26,27). The molecule has 0 atom stereocenters. The minimum Gasteiger partial charge on any atom is -0.435 e. The van der Waals surface area contributed by atoms with Gasteiger partial charge in [-0.1, -0.05) is 18.2 Å². The molecule has 140 valence electrons. The Hall–Kier alpha value is -3.68. The molecule has 0 aliphatic heterocycles. The van der Waals surface area contributed by atoms with E-state index in [0.29, 0.717) is 23.0 Å². The average molecular weight is 379 g/mol. The number of aryl methyl sites for hydroxylation is 1. The zero-order valence-corrected chi connectivity index (χ0v) is 14.8. The first kappa shape index (κ1) is 17.7. The van der Waals surface area contributed by atoms with Crippen LogP contribution in [-0.2, 0) is 0 Å². The summed E-state index contributed by atoms with van der Waals surface area (Å²) in [7, 11) is 0. The summed E-state index contributed by atoms with van der Waals surface area (Å²) < 4.78 is 29.5. The van der Waals surface area contributed by atoms with Gasteiger partial charge >= 0.3 is 6.61 Å². The molecule has 2 heterocycles. The molecule has 0 saturated heterocycles. The number of aromatic nitrogens is 4. The van der Waals surface area contributed by atoms with Gasteiger partial charge in [0.15, 0.2) is 5.82 Å². The molecule has 0 aliphatic carbocycles. The van der Waals surface area contributed by atoms with E-state index in [1.807, 2.05) is 25.1 Å². The Bertz CT molecular complexity index is 1120. The quantitative estimate of drug-likeness (QED) is 0.540. The van der Waals surface area contributed by atoms with E-state index in [2.05, 4.69) is 30.0 Å². The van der Waals surface area contributed by atoms with Crippen molar-refractivity contribution in [3.8, 4) is 17.3 Å². The van der Waals surface area contributed by atoms with E-state index in [-0.39, 0.29) is 5.75 Å². The van der Waals surface area contributed by atoms with Crippen LogP contribution in [0.15, 0.2) is 61.1 Å². The third-order valence-corrected chi connectivity index (χ3v) is 4.04. The lowest BCUT2D eigenvalue weighted by atomic mass is 10.1. The van der Waals surface area contributed by atoms with Gasteiger partial charge in [0.2, 0.25) is 0 Å². The van der Waals surface area contributed by atoms with Gasteiger partial charge in [0, 0.05) is 29.5 Å². The zero-order chi connectivity index (χ0) is 19.5. The van der Waals surface area contributed by atoms with Crippen LogP contribution in [0.3, 0.4) is 0 Å². The molecule has 0 bridgehead atoms. The Kier molecular flexibility index (Phi) is 4.76. The third kappa shape index (κ3) is 3.71.